The van der Waals surface area contributed by atoms with Gasteiger partial charge in [0.1, 0.15) is 0 Å². The SMILES string of the molecule is CCCC(CNCC)N1CCc2ccccc2CC1. The third-order valence-corrected chi connectivity index (χ3v) is 4.22. The fraction of sp³-hybridized carbons (Fsp3) is 0.647. The minimum atomic E-state index is 0.708. The molecule has 1 aromatic carbocycles. The van der Waals surface area contributed by atoms with E-state index in [2.05, 4.69) is 48.3 Å². The maximum absolute atomic E-state index is 3.53. The Hall–Kier alpha value is -0.860. The first-order valence-electron chi connectivity index (χ1n) is 7.86. The molecule has 0 aliphatic carbocycles. The number of hydrogen-bond donors (Lipinski definition) is 1. The number of hydrogen-bond acceptors (Lipinski definition) is 2. The van der Waals surface area contributed by atoms with Gasteiger partial charge in [-0.2, -0.15) is 0 Å². The highest BCUT2D eigenvalue weighted by atomic mass is 15.2. The largest absolute Gasteiger partial charge is 0.315 e. The maximum Gasteiger partial charge on any atom is 0.0220 e. The summed E-state index contributed by atoms with van der Waals surface area (Å²) in [5.41, 5.74) is 3.12. The van der Waals surface area contributed by atoms with Gasteiger partial charge in [0.2, 0.25) is 0 Å². The van der Waals surface area contributed by atoms with E-state index in [1.54, 1.807) is 11.1 Å². The van der Waals surface area contributed by atoms with Crippen molar-refractivity contribution in [3.8, 4) is 0 Å². The van der Waals surface area contributed by atoms with Crippen LogP contribution in [0.1, 0.15) is 37.8 Å². The third-order valence-electron chi connectivity index (χ3n) is 4.22. The Bertz CT molecular complexity index is 348. The molecule has 1 N–H and O–H groups in total. The highest BCUT2D eigenvalue weighted by Gasteiger charge is 2.20. The van der Waals surface area contributed by atoms with Crippen molar-refractivity contribution in [2.45, 2.75) is 45.6 Å². The van der Waals surface area contributed by atoms with Gasteiger partial charge in [-0.25, -0.2) is 0 Å². The normalized spacial score (nSPS) is 17.8. The number of benzene rings is 1. The van der Waals surface area contributed by atoms with Crippen LogP contribution in [0.2, 0.25) is 0 Å². The molecule has 0 aromatic heterocycles. The van der Waals surface area contributed by atoms with Crippen molar-refractivity contribution in [3.05, 3.63) is 35.4 Å². The average molecular weight is 260 g/mol. The summed E-state index contributed by atoms with van der Waals surface area (Å²) >= 11 is 0. The van der Waals surface area contributed by atoms with Crippen molar-refractivity contribution < 1.29 is 0 Å². The number of nitrogens with one attached hydrogen (secondary N) is 1. The minimum Gasteiger partial charge on any atom is -0.315 e. The molecule has 0 bridgehead atoms. The van der Waals surface area contributed by atoms with Gasteiger partial charge in [0, 0.05) is 25.7 Å². The van der Waals surface area contributed by atoms with Crippen molar-refractivity contribution in [2.24, 2.45) is 0 Å². The van der Waals surface area contributed by atoms with Gasteiger partial charge in [-0.15, -0.1) is 0 Å². The van der Waals surface area contributed by atoms with E-state index in [1.165, 1.54) is 38.8 Å². The first kappa shape index (κ1) is 14.5. The Balaban J connectivity index is 1.98. The smallest absolute Gasteiger partial charge is 0.0220 e. The lowest BCUT2D eigenvalue weighted by atomic mass is 10.0. The fourth-order valence-electron chi connectivity index (χ4n) is 3.11. The van der Waals surface area contributed by atoms with Crippen molar-refractivity contribution in [1.29, 1.82) is 0 Å². The summed E-state index contributed by atoms with van der Waals surface area (Å²) in [6.07, 6.45) is 5.01. The zero-order valence-corrected chi connectivity index (χ0v) is 12.5. The molecular formula is C17H28N2. The lowest BCUT2D eigenvalue weighted by Crippen LogP contribution is -2.43. The summed E-state index contributed by atoms with van der Waals surface area (Å²) in [6.45, 7) is 9.14. The van der Waals surface area contributed by atoms with Gasteiger partial charge < -0.3 is 5.32 Å². The van der Waals surface area contributed by atoms with Crippen molar-refractivity contribution in [3.63, 3.8) is 0 Å². The molecule has 19 heavy (non-hydrogen) atoms. The van der Waals surface area contributed by atoms with Crippen LogP contribution in [-0.4, -0.2) is 37.1 Å². The Morgan fingerprint density at radius 3 is 2.26 bits per heavy atom. The molecular weight excluding hydrogens is 232 g/mol. The molecule has 1 aliphatic rings. The number of rotatable bonds is 6. The molecule has 0 fully saturated rings. The quantitative estimate of drug-likeness (QED) is 0.846. The predicted octanol–water partition coefficient (Wildman–Crippen LogP) is 2.87. The van der Waals surface area contributed by atoms with Gasteiger partial charge in [-0.1, -0.05) is 44.5 Å². The zero-order chi connectivity index (χ0) is 13.5. The van der Waals surface area contributed by atoms with Crippen molar-refractivity contribution in [1.82, 2.24) is 10.2 Å². The Kier molecular flexibility index (Phi) is 5.87. The predicted molar refractivity (Wildman–Crippen MR) is 82.7 cm³/mol. The second kappa shape index (κ2) is 7.66. The second-order valence-corrected chi connectivity index (χ2v) is 5.55. The van der Waals surface area contributed by atoms with E-state index >= 15 is 0 Å². The third kappa shape index (κ3) is 4.05. The lowest BCUT2D eigenvalue weighted by Gasteiger charge is -2.30. The van der Waals surface area contributed by atoms with E-state index in [-0.39, 0.29) is 0 Å². The summed E-state index contributed by atoms with van der Waals surface area (Å²) < 4.78 is 0. The first-order chi connectivity index (χ1) is 9.35. The van der Waals surface area contributed by atoms with E-state index in [4.69, 9.17) is 0 Å². The van der Waals surface area contributed by atoms with Crippen LogP contribution in [0.5, 0.6) is 0 Å². The summed E-state index contributed by atoms with van der Waals surface area (Å²) in [5, 5.41) is 3.53. The van der Waals surface area contributed by atoms with Crippen molar-refractivity contribution >= 4 is 0 Å². The molecule has 1 unspecified atom stereocenters. The van der Waals surface area contributed by atoms with Crippen LogP contribution in [0.15, 0.2) is 24.3 Å². The lowest BCUT2D eigenvalue weighted by molar-refractivity contribution is 0.190. The zero-order valence-electron chi connectivity index (χ0n) is 12.5. The molecule has 0 saturated carbocycles. The van der Waals surface area contributed by atoms with Gasteiger partial charge >= 0.3 is 0 Å². The molecule has 2 nitrogen and oxygen atoms in total. The summed E-state index contributed by atoms with van der Waals surface area (Å²) in [7, 11) is 0. The maximum atomic E-state index is 3.53. The highest BCUT2D eigenvalue weighted by Crippen LogP contribution is 2.18. The van der Waals surface area contributed by atoms with E-state index in [1.807, 2.05) is 0 Å². The van der Waals surface area contributed by atoms with Crippen LogP contribution < -0.4 is 5.32 Å². The molecule has 106 valence electrons. The fourth-order valence-corrected chi connectivity index (χ4v) is 3.11. The average Bonchev–Trinajstić information content (AvgIpc) is 2.66. The summed E-state index contributed by atoms with van der Waals surface area (Å²) in [4.78, 5) is 2.70. The van der Waals surface area contributed by atoms with Gasteiger partial charge in [-0.3, -0.25) is 4.90 Å². The van der Waals surface area contributed by atoms with Gasteiger partial charge in [0.25, 0.3) is 0 Å². The first-order valence-corrected chi connectivity index (χ1v) is 7.86. The molecule has 1 heterocycles. The molecule has 1 aliphatic heterocycles. The van der Waals surface area contributed by atoms with Crippen LogP contribution in [-0.2, 0) is 12.8 Å². The summed E-state index contributed by atoms with van der Waals surface area (Å²) in [5.74, 6) is 0. The molecule has 2 heteroatoms. The Labute approximate surface area is 118 Å². The molecule has 0 amide bonds. The number of fused-ring (bicyclic) bond motifs is 1. The second-order valence-electron chi connectivity index (χ2n) is 5.55. The van der Waals surface area contributed by atoms with E-state index in [9.17, 15) is 0 Å². The molecule has 1 atom stereocenters. The van der Waals surface area contributed by atoms with E-state index < -0.39 is 0 Å². The summed E-state index contributed by atoms with van der Waals surface area (Å²) in [6, 6.07) is 9.67. The van der Waals surface area contributed by atoms with E-state index in [0.717, 1.165) is 13.1 Å². The topological polar surface area (TPSA) is 15.3 Å². The molecule has 1 aromatic rings. The van der Waals surface area contributed by atoms with Crippen molar-refractivity contribution in [2.75, 3.05) is 26.2 Å². The molecule has 0 spiro atoms. The molecule has 2 rings (SSSR count). The minimum absolute atomic E-state index is 0.708. The van der Waals surface area contributed by atoms with Crippen LogP contribution in [0.25, 0.3) is 0 Å². The standard InChI is InChI=1S/C17H28N2/c1-3-7-17(14-18-4-2)19-12-10-15-8-5-6-9-16(15)11-13-19/h5-6,8-9,17-18H,3-4,7,10-14H2,1-2H3. The number of likely N-dealkylation sites (N-methyl/N-ethyl adjacent to an activating group) is 1. The van der Waals surface area contributed by atoms with E-state index in [0.29, 0.717) is 6.04 Å². The molecule has 0 radical (unpaired) electrons. The Morgan fingerprint density at radius 1 is 1.11 bits per heavy atom. The monoisotopic (exact) mass is 260 g/mol. The highest BCUT2D eigenvalue weighted by molar-refractivity contribution is 5.28. The van der Waals surface area contributed by atoms with Gasteiger partial charge in [-0.05, 0) is 36.9 Å². The number of nitrogens with zero attached hydrogens (tertiary/aromatic N) is 1. The Morgan fingerprint density at radius 2 is 1.74 bits per heavy atom. The molecule has 0 saturated heterocycles. The van der Waals surface area contributed by atoms with Crippen LogP contribution in [0.4, 0.5) is 0 Å². The van der Waals surface area contributed by atoms with Gasteiger partial charge in [0.05, 0.1) is 0 Å². The van der Waals surface area contributed by atoms with Crippen LogP contribution >= 0.6 is 0 Å². The van der Waals surface area contributed by atoms with Gasteiger partial charge in [0.15, 0.2) is 0 Å². The van der Waals surface area contributed by atoms with Crippen LogP contribution in [0, 0.1) is 0 Å². The van der Waals surface area contributed by atoms with Crippen LogP contribution in [0.3, 0.4) is 0 Å².